The molecule has 2 aromatic carbocycles. The minimum absolute atomic E-state index is 0.000882. The summed E-state index contributed by atoms with van der Waals surface area (Å²) >= 11 is 0. The van der Waals surface area contributed by atoms with Crippen molar-refractivity contribution in [1.82, 2.24) is 0 Å². The number of allylic oxidation sites excluding steroid dienone is 1. The highest BCUT2D eigenvalue weighted by molar-refractivity contribution is 5.98. The first kappa shape index (κ1) is 15.5. The highest BCUT2D eigenvalue weighted by atomic mass is 16.6. The molecule has 0 radical (unpaired) electrons. The fourth-order valence-corrected chi connectivity index (χ4v) is 2.62. The normalized spacial score (nSPS) is 11.4. The van der Waals surface area contributed by atoms with Crippen molar-refractivity contribution in [2.75, 3.05) is 0 Å². The maximum atomic E-state index is 10.8. The third-order valence-electron chi connectivity index (χ3n) is 3.83. The van der Waals surface area contributed by atoms with Crippen LogP contribution in [0.1, 0.15) is 23.8 Å². The summed E-state index contributed by atoms with van der Waals surface area (Å²) < 4.78 is 5.84. The molecule has 0 atom stereocenters. The number of furan rings is 1. The lowest BCUT2D eigenvalue weighted by atomic mass is 10.0. The Hall–Kier alpha value is -3.39. The number of nitriles is 1. The lowest BCUT2D eigenvalue weighted by Gasteiger charge is -2.00. The van der Waals surface area contributed by atoms with Crippen LogP contribution in [0.4, 0.5) is 5.69 Å². The number of non-ortho nitro benzene ring substituents is 1. The van der Waals surface area contributed by atoms with E-state index in [1.165, 1.54) is 12.1 Å². The summed E-state index contributed by atoms with van der Waals surface area (Å²) in [5, 5.41) is 21.2. The third kappa shape index (κ3) is 2.77. The number of fused-ring (bicyclic) bond motifs is 1. The average molecular weight is 318 g/mol. The SMILES string of the molecule is CCc1oc2ccccc2c1/C=C(\C#N)c1ccc([N+](=O)[O-])cc1. The lowest BCUT2D eigenvalue weighted by molar-refractivity contribution is -0.384. The van der Waals surface area contributed by atoms with Crippen molar-refractivity contribution in [2.24, 2.45) is 0 Å². The first-order valence-corrected chi connectivity index (χ1v) is 7.51. The van der Waals surface area contributed by atoms with Crippen LogP contribution in [0.15, 0.2) is 52.9 Å². The molecular weight excluding hydrogens is 304 g/mol. The number of aryl methyl sites for hydroxylation is 1. The molecule has 0 aliphatic carbocycles. The van der Waals surface area contributed by atoms with Crippen LogP contribution in [-0.4, -0.2) is 4.92 Å². The van der Waals surface area contributed by atoms with E-state index in [2.05, 4.69) is 6.07 Å². The molecule has 0 aliphatic heterocycles. The second-order valence-corrected chi connectivity index (χ2v) is 5.26. The molecule has 3 aromatic rings. The van der Waals surface area contributed by atoms with Gasteiger partial charge in [0.1, 0.15) is 11.3 Å². The van der Waals surface area contributed by atoms with Crippen LogP contribution < -0.4 is 0 Å². The summed E-state index contributed by atoms with van der Waals surface area (Å²) in [6, 6.07) is 15.8. The molecule has 1 aromatic heterocycles. The molecule has 5 heteroatoms. The Morgan fingerprint density at radius 1 is 1.25 bits per heavy atom. The molecule has 0 amide bonds. The second kappa shape index (κ2) is 6.39. The molecule has 0 N–H and O–H groups in total. The molecule has 118 valence electrons. The highest BCUT2D eigenvalue weighted by Gasteiger charge is 2.13. The van der Waals surface area contributed by atoms with Crippen LogP contribution in [0.2, 0.25) is 0 Å². The van der Waals surface area contributed by atoms with Crippen LogP contribution in [0.3, 0.4) is 0 Å². The van der Waals surface area contributed by atoms with E-state index >= 15 is 0 Å². The van der Waals surface area contributed by atoms with E-state index in [1.807, 2.05) is 31.2 Å². The number of nitro groups is 1. The van der Waals surface area contributed by atoms with E-state index in [0.717, 1.165) is 22.3 Å². The van der Waals surface area contributed by atoms with Gasteiger partial charge in [0.15, 0.2) is 0 Å². The van der Waals surface area contributed by atoms with Crippen molar-refractivity contribution < 1.29 is 9.34 Å². The Morgan fingerprint density at radius 2 is 1.96 bits per heavy atom. The first-order valence-electron chi connectivity index (χ1n) is 7.51. The Bertz CT molecular complexity index is 976. The van der Waals surface area contributed by atoms with Crippen molar-refractivity contribution in [3.63, 3.8) is 0 Å². The highest BCUT2D eigenvalue weighted by Crippen LogP contribution is 2.30. The summed E-state index contributed by atoms with van der Waals surface area (Å²) in [6.07, 6.45) is 2.49. The summed E-state index contributed by atoms with van der Waals surface area (Å²) in [5.41, 5.74) is 2.73. The molecule has 5 nitrogen and oxygen atoms in total. The van der Waals surface area contributed by atoms with E-state index < -0.39 is 4.92 Å². The number of nitro benzene ring substituents is 1. The topological polar surface area (TPSA) is 80.1 Å². The second-order valence-electron chi connectivity index (χ2n) is 5.26. The molecule has 1 heterocycles. The molecular formula is C19H14N2O3. The van der Waals surface area contributed by atoms with Crippen LogP contribution >= 0.6 is 0 Å². The monoisotopic (exact) mass is 318 g/mol. The van der Waals surface area contributed by atoms with Gasteiger partial charge in [-0.15, -0.1) is 0 Å². The Balaban J connectivity index is 2.11. The van der Waals surface area contributed by atoms with Crippen LogP contribution in [-0.2, 0) is 6.42 Å². The fourth-order valence-electron chi connectivity index (χ4n) is 2.62. The number of para-hydroxylation sites is 1. The molecule has 0 spiro atoms. The van der Waals surface area contributed by atoms with Gasteiger partial charge in [0.25, 0.3) is 5.69 Å². The largest absolute Gasteiger partial charge is 0.460 e. The summed E-state index contributed by atoms with van der Waals surface area (Å²) in [4.78, 5) is 10.3. The Labute approximate surface area is 138 Å². The molecule has 0 fully saturated rings. The van der Waals surface area contributed by atoms with Crippen LogP contribution in [0.5, 0.6) is 0 Å². The van der Waals surface area contributed by atoms with E-state index in [-0.39, 0.29) is 5.69 Å². The standard InChI is InChI=1S/C19H14N2O3/c1-2-18-17(16-5-3-4-6-19(16)24-18)11-14(12-20)13-7-9-15(10-8-13)21(22)23/h3-11H,2H2,1H3/b14-11+. The number of hydrogen-bond acceptors (Lipinski definition) is 4. The average Bonchev–Trinajstić information content (AvgIpc) is 2.97. The number of rotatable bonds is 4. The van der Waals surface area contributed by atoms with Crippen LogP contribution in [0, 0.1) is 21.4 Å². The fraction of sp³-hybridized carbons (Fsp3) is 0.105. The molecule has 0 saturated carbocycles. The Kier molecular flexibility index (Phi) is 4.13. The maximum absolute atomic E-state index is 10.8. The molecule has 24 heavy (non-hydrogen) atoms. The van der Waals surface area contributed by atoms with Gasteiger partial charge in [0, 0.05) is 29.5 Å². The van der Waals surface area contributed by atoms with Gasteiger partial charge in [0.05, 0.1) is 16.6 Å². The van der Waals surface area contributed by atoms with Crippen molar-refractivity contribution in [1.29, 1.82) is 5.26 Å². The van der Waals surface area contributed by atoms with Gasteiger partial charge in [-0.3, -0.25) is 10.1 Å². The lowest BCUT2D eigenvalue weighted by Crippen LogP contribution is -1.89. The zero-order chi connectivity index (χ0) is 17.1. The van der Waals surface area contributed by atoms with Crippen molar-refractivity contribution in [3.05, 3.63) is 75.5 Å². The van der Waals surface area contributed by atoms with Gasteiger partial charge in [0.2, 0.25) is 0 Å². The van der Waals surface area contributed by atoms with Gasteiger partial charge < -0.3 is 4.42 Å². The smallest absolute Gasteiger partial charge is 0.269 e. The van der Waals surface area contributed by atoms with Crippen molar-refractivity contribution in [3.8, 4) is 6.07 Å². The van der Waals surface area contributed by atoms with Crippen molar-refractivity contribution in [2.45, 2.75) is 13.3 Å². The quantitative estimate of drug-likeness (QED) is 0.386. The zero-order valence-electron chi connectivity index (χ0n) is 13.0. The van der Waals surface area contributed by atoms with E-state index in [0.29, 0.717) is 17.6 Å². The van der Waals surface area contributed by atoms with E-state index in [4.69, 9.17) is 4.42 Å². The predicted molar refractivity (Wildman–Crippen MR) is 92.2 cm³/mol. The van der Waals surface area contributed by atoms with Gasteiger partial charge >= 0.3 is 0 Å². The van der Waals surface area contributed by atoms with E-state index in [1.54, 1.807) is 18.2 Å². The molecule has 0 saturated heterocycles. The maximum Gasteiger partial charge on any atom is 0.269 e. The van der Waals surface area contributed by atoms with Gasteiger partial charge in [-0.1, -0.05) is 25.1 Å². The van der Waals surface area contributed by atoms with Gasteiger partial charge in [-0.05, 0) is 29.8 Å². The van der Waals surface area contributed by atoms with E-state index in [9.17, 15) is 15.4 Å². The zero-order valence-corrected chi connectivity index (χ0v) is 13.0. The van der Waals surface area contributed by atoms with Crippen molar-refractivity contribution >= 4 is 28.3 Å². The molecule has 0 unspecified atom stereocenters. The number of hydrogen-bond donors (Lipinski definition) is 0. The summed E-state index contributed by atoms with van der Waals surface area (Å²) in [6.45, 7) is 1.99. The van der Waals surface area contributed by atoms with Gasteiger partial charge in [-0.25, -0.2) is 0 Å². The van der Waals surface area contributed by atoms with Crippen LogP contribution in [0.25, 0.3) is 22.6 Å². The number of benzene rings is 2. The Morgan fingerprint density at radius 3 is 2.58 bits per heavy atom. The summed E-state index contributed by atoms with van der Waals surface area (Å²) in [7, 11) is 0. The molecule has 0 bridgehead atoms. The predicted octanol–water partition coefficient (Wildman–Crippen LogP) is 4.97. The first-order chi connectivity index (χ1) is 11.6. The number of nitrogens with zero attached hydrogens (tertiary/aromatic N) is 2. The minimum Gasteiger partial charge on any atom is -0.460 e. The summed E-state index contributed by atoms with van der Waals surface area (Å²) in [5.74, 6) is 0.811. The minimum atomic E-state index is -0.460. The molecule has 0 aliphatic rings. The van der Waals surface area contributed by atoms with Gasteiger partial charge in [-0.2, -0.15) is 5.26 Å². The third-order valence-corrected chi connectivity index (χ3v) is 3.83. The molecule has 3 rings (SSSR count).